The molecule has 2 aliphatic carbocycles. The van der Waals surface area contributed by atoms with E-state index < -0.39 is 30.2 Å². The third-order valence-electron chi connectivity index (χ3n) is 9.85. The first-order valence-corrected chi connectivity index (χ1v) is 21.0. The van der Waals surface area contributed by atoms with Crippen molar-refractivity contribution in [3.8, 4) is 0 Å². The van der Waals surface area contributed by atoms with Gasteiger partial charge in [0.1, 0.15) is 22.7 Å². The van der Waals surface area contributed by atoms with Crippen LogP contribution in [0.15, 0.2) is 22.0 Å². The summed E-state index contributed by atoms with van der Waals surface area (Å²) in [6, 6.07) is 0. The average molecular weight is 724 g/mol. The summed E-state index contributed by atoms with van der Waals surface area (Å²) < 4.78 is 44.9. The van der Waals surface area contributed by atoms with E-state index in [9.17, 15) is 26.4 Å². The number of hydrogen-bond acceptors (Lipinski definition) is 9. The molecule has 16 heteroatoms. The van der Waals surface area contributed by atoms with Gasteiger partial charge in [-0.1, -0.05) is 45.1 Å². The lowest BCUT2D eigenvalue weighted by molar-refractivity contribution is -0.125. The Bertz CT molecular complexity index is 1380. The number of hydrogen-bond donors (Lipinski definition) is 3. The number of aliphatic imine (C=N–C) groups is 2. The molecule has 4 heterocycles. The minimum atomic E-state index is -3.40. The number of alkyl halides is 1. The Kier molecular flexibility index (Phi) is 13.1. The zero-order valence-corrected chi connectivity index (χ0v) is 29.6. The summed E-state index contributed by atoms with van der Waals surface area (Å²) in [6.07, 6.45) is 14.7. The highest BCUT2D eigenvalue weighted by Crippen LogP contribution is 2.35. The van der Waals surface area contributed by atoms with E-state index in [1.165, 1.54) is 55.7 Å². The lowest BCUT2D eigenvalue weighted by Gasteiger charge is -2.34. The lowest BCUT2D eigenvalue weighted by Crippen LogP contribution is -2.50. The van der Waals surface area contributed by atoms with Crippen molar-refractivity contribution >= 4 is 64.8 Å². The van der Waals surface area contributed by atoms with Crippen molar-refractivity contribution in [3.05, 3.63) is 12.0 Å². The Morgan fingerprint density at radius 2 is 1.22 bits per heavy atom. The molecule has 0 bridgehead atoms. The van der Waals surface area contributed by atoms with Crippen LogP contribution in [0.5, 0.6) is 0 Å². The second-order valence-corrected chi connectivity index (χ2v) is 18.1. The predicted octanol–water partition coefficient (Wildman–Crippen LogP) is 3.41. The Balaban J connectivity index is 0.000000177. The van der Waals surface area contributed by atoms with Gasteiger partial charge in [-0.3, -0.25) is 19.6 Å². The molecular weight excluding hydrogens is 675 g/mol. The number of carbonyl (C=O) groups is 2. The molecule has 3 N–H and O–H groups in total. The fourth-order valence-corrected chi connectivity index (χ4v) is 9.21. The van der Waals surface area contributed by atoms with Crippen LogP contribution in [0.25, 0.3) is 0 Å². The topological polar surface area (TPSA) is 166 Å². The number of nitrogens with one attached hydrogen (secondary N) is 3. The second kappa shape index (κ2) is 16.2. The molecule has 260 valence electrons. The number of sulfonamides is 1. The molecule has 46 heavy (non-hydrogen) atoms. The van der Waals surface area contributed by atoms with E-state index in [4.69, 9.17) is 32.3 Å². The molecular formula is C30H48Cl2N6O6S2. The Labute approximate surface area is 283 Å². The maximum Gasteiger partial charge on any atom is 0.253 e. The molecule has 6 rings (SSSR count). The summed E-state index contributed by atoms with van der Waals surface area (Å²) in [6.45, 7) is 5.82. The molecule has 2 amide bonds. The number of halogens is 2. The van der Waals surface area contributed by atoms with Crippen LogP contribution in [0.4, 0.5) is 0 Å². The molecule has 4 fully saturated rings. The van der Waals surface area contributed by atoms with E-state index in [1.54, 1.807) is 0 Å². The maximum atomic E-state index is 12.4. The third kappa shape index (κ3) is 9.52. The van der Waals surface area contributed by atoms with Crippen molar-refractivity contribution in [3.63, 3.8) is 0 Å². The van der Waals surface area contributed by atoms with Gasteiger partial charge in [0, 0.05) is 46.9 Å². The minimum absolute atomic E-state index is 0.0521. The van der Waals surface area contributed by atoms with Crippen LogP contribution in [0.2, 0.25) is 0 Å². The Morgan fingerprint density at radius 1 is 0.783 bits per heavy atom. The van der Waals surface area contributed by atoms with Crippen LogP contribution < -0.4 is 16.0 Å². The highest BCUT2D eigenvalue weighted by Gasteiger charge is 2.48. The number of amides is 2. The summed E-state index contributed by atoms with van der Waals surface area (Å²) in [5.41, 5.74) is -1.17. The van der Waals surface area contributed by atoms with Crippen LogP contribution in [-0.4, -0.2) is 93.5 Å². The molecule has 2 saturated carbocycles. The van der Waals surface area contributed by atoms with Gasteiger partial charge in [0.15, 0.2) is 0 Å². The van der Waals surface area contributed by atoms with Crippen molar-refractivity contribution in [1.82, 2.24) is 20.3 Å². The number of nitrogens with zero attached hydrogens (tertiary/aromatic N) is 3. The Morgan fingerprint density at radius 3 is 1.59 bits per heavy atom. The first-order valence-electron chi connectivity index (χ1n) is 16.5. The van der Waals surface area contributed by atoms with Gasteiger partial charge in [-0.05, 0) is 64.5 Å². The highest BCUT2D eigenvalue weighted by molar-refractivity contribution is 8.13. The molecule has 0 aromatic carbocycles. The first kappa shape index (κ1) is 37.2. The number of rotatable bonds is 6. The van der Waals surface area contributed by atoms with Crippen molar-refractivity contribution in [2.24, 2.45) is 21.8 Å². The lowest BCUT2D eigenvalue weighted by atomic mass is 9.88. The summed E-state index contributed by atoms with van der Waals surface area (Å²) in [5, 5.41) is 10.3. The first-order chi connectivity index (χ1) is 21.8. The molecule has 0 atom stereocenters. The number of piperidine rings is 2. The van der Waals surface area contributed by atoms with Gasteiger partial charge in [0.05, 0.1) is 5.75 Å². The van der Waals surface area contributed by atoms with Gasteiger partial charge in [0.2, 0.25) is 19.1 Å². The summed E-state index contributed by atoms with van der Waals surface area (Å²) in [7, 11) is -2.01. The van der Waals surface area contributed by atoms with Gasteiger partial charge in [0.25, 0.3) is 11.8 Å². The van der Waals surface area contributed by atoms with E-state index in [1.807, 2.05) is 0 Å². The Hall–Kier alpha value is -1.58. The largest absolute Gasteiger partial charge is 0.317 e. The van der Waals surface area contributed by atoms with Crippen LogP contribution in [0.1, 0.15) is 89.9 Å². The third-order valence-corrected chi connectivity index (χ3v) is 12.9. The van der Waals surface area contributed by atoms with Crippen LogP contribution in [-0.2, 0) is 28.7 Å². The predicted molar refractivity (Wildman–Crippen MR) is 182 cm³/mol. The average Bonchev–Trinajstić information content (AvgIpc) is 3.54. The molecule has 0 aromatic heterocycles. The quantitative estimate of drug-likeness (QED) is 0.279. The normalized spacial score (nSPS) is 25.3. The van der Waals surface area contributed by atoms with E-state index >= 15 is 0 Å². The summed E-state index contributed by atoms with van der Waals surface area (Å²) >= 11 is 5.02. The molecule has 2 spiro atoms. The van der Waals surface area contributed by atoms with Crippen LogP contribution in [0, 0.1) is 11.8 Å². The number of amidine groups is 2. The molecule has 0 radical (unpaired) electrons. The van der Waals surface area contributed by atoms with Crippen LogP contribution >= 0.6 is 22.3 Å². The standard InChI is InChI=1S/C15H23N3O3S.C13H21N3O.C2H4Cl2O2S/c1-2-22(20,21)18-10-8-15(9-11-18)14(19)16-13(17-15)12-6-4-3-5-7-12;17-12-13(6-8-14-9-7-13)16-11(15-12)10-4-2-1-3-5-10;3-1-2-7(4,5)6/h2,12H,1,3-11H2,(H,16,17,19);10,14H,1-9H2,(H,15,16,17);1-2H2. The maximum absolute atomic E-state index is 12.4. The van der Waals surface area contributed by atoms with Crippen molar-refractivity contribution in [2.75, 3.05) is 37.8 Å². The monoisotopic (exact) mass is 722 g/mol. The zero-order valence-electron chi connectivity index (χ0n) is 26.4. The van der Waals surface area contributed by atoms with E-state index in [0.29, 0.717) is 37.8 Å². The van der Waals surface area contributed by atoms with Crippen molar-refractivity contribution < 1.29 is 26.4 Å². The fourth-order valence-electron chi connectivity index (χ4n) is 7.05. The highest BCUT2D eigenvalue weighted by atomic mass is 35.7. The minimum Gasteiger partial charge on any atom is -0.317 e. The molecule has 6 aliphatic rings. The zero-order chi connectivity index (χ0) is 33.4. The second-order valence-electron chi connectivity index (χ2n) is 12.9. The smallest absolute Gasteiger partial charge is 0.253 e. The van der Waals surface area contributed by atoms with E-state index in [0.717, 1.165) is 55.9 Å². The van der Waals surface area contributed by atoms with Gasteiger partial charge in [-0.25, -0.2) is 16.8 Å². The SMILES string of the molecule is C=CS(=O)(=O)N1CCC2(CC1)N=C(C1CCCCC1)NC2=O.O=C1NC(C2CCCCC2)=NC12CCNCC2.O=S(=O)(Cl)CCCl. The van der Waals surface area contributed by atoms with Gasteiger partial charge >= 0.3 is 0 Å². The molecule has 4 aliphatic heterocycles. The molecule has 0 unspecified atom stereocenters. The van der Waals surface area contributed by atoms with Crippen molar-refractivity contribution in [1.29, 1.82) is 0 Å². The molecule has 0 aromatic rings. The number of carbonyl (C=O) groups excluding carboxylic acids is 2. The molecule has 12 nitrogen and oxygen atoms in total. The molecule has 2 saturated heterocycles. The van der Waals surface area contributed by atoms with Gasteiger partial charge < -0.3 is 16.0 Å². The van der Waals surface area contributed by atoms with Gasteiger partial charge in [-0.15, -0.1) is 11.6 Å². The fraction of sp³-hybridized carbons (Fsp3) is 0.800. The van der Waals surface area contributed by atoms with Crippen LogP contribution in [0.3, 0.4) is 0 Å². The van der Waals surface area contributed by atoms with E-state index in [-0.39, 0.29) is 23.4 Å². The summed E-state index contributed by atoms with van der Waals surface area (Å²) in [4.78, 5) is 34.1. The van der Waals surface area contributed by atoms with Gasteiger partial charge in [-0.2, -0.15) is 4.31 Å². The van der Waals surface area contributed by atoms with Crippen molar-refractivity contribution in [2.45, 2.75) is 101 Å². The summed E-state index contributed by atoms with van der Waals surface area (Å²) in [5.74, 6) is 2.72. The van der Waals surface area contributed by atoms with E-state index in [2.05, 4.69) is 22.5 Å².